The molecule has 1 N–H and O–H groups in total. The van der Waals surface area contributed by atoms with Crippen LogP contribution in [-0.4, -0.2) is 17.9 Å². The van der Waals surface area contributed by atoms with Crippen LogP contribution >= 0.6 is 11.6 Å². The van der Waals surface area contributed by atoms with Crippen molar-refractivity contribution < 1.29 is 14.5 Å². The first-order valence-electron chi connectivity index (χ1n) is 8.64. The first-order chi connectivity index (χ1) is 14.0. The number of nitrogens with zero attached hydrogens (tertiary/aromatic N) is 1. The minimum absolute atomic E-state index is 0.0477. The Morgan fingerprint density at radius 1 is 1.07 bits per heavy atom. The Morgan fingerprint density at radius 3 is 2.48 bits per heavy atom. The largest absolute Gasteiger partial charge is 0.495 e. The molecule has 3 aromatic carbocycles. The van der Waals surface area contributed by atoms with E-state index in [1.54, 1.807) is 48.5 Å². The van der Waals surface area contributed by atoms with Crippen molar-refractivity contribution in [1.82, 2.24) is 0 Å². The lowest BCUT2D eigenvalue weighted by Crippen LogP contribution is -2.13. The molecular formula is C22H17ClN2O4. The average molecular weight is 409 g/mol. The molecule has 0 aromatic heterocycles. The number of hydrogen-bond acceptors (Lipinski definition) is 4. The minimum atomic E-state index is -0.473. The fourth-order valence-corrected chi connectivity index (χ4v) is 2.99. The number of hydrogen-bond donors (Lipinski definition) is 1. The van der Waals surface area contributed by atoms with Gasteiger partial charge < -0.3 is 10.1 Å². The van der Waals surface area contributed by atoms with Gasteiger partial charge in [0.15, 0.2) is 0 Å². The summed E-state index contributed by atoms with van der Waals surface area (Å²) < 4.78 is 5.12. The molecule has 1 amide bonds. The molecule has 3 aromatic rings. The first-order valence-corrected chi connectivity index (χ1v) is 9.02. The molecule has 0 aliphatic carbocycles. The topological polar surface area (TPSA) is 81.5 Å². The van der Waals surface area contributed by atoms with Gasteiger partial charge in [-0.15, -0.1) is 0 Å². The maximum absolute atomic E-state index is 13.0. The van der Waals surface area contributed by atoms with Gasteiger partial charge in [0.25, 0.3) is 11.6 Å². The second kappa shape index (κ2) is 9.03. The first kappa shape index (κ1) is 20.1. The third-order valence-electron chi connectivity index (χ3n) is 4.13. The van der Waals surface area contributed by atoms with Gasteiger partial charge in [0, 0.05) is 23.4 Å². The maximum Gasteiger partial charge on any atom is 0.270 e. The van der Waals surface area contributed by atoms with E-state index in [2.05, 4.69) is 5.32 Å². The number of halogens is 1. The van der Waals surface area contributed by atoms with E-state index in [0.717, 1.165) is 0 Å². The molecule has 0 saturated heterocycles. The van der Waals surface area contributed by atoms with E-state index in [1.165, 1.54) is 19.2 Å². The molecule has 0 radical (unpaired) electrons. The van der Waals surface area contributed by atoms with Gasteiger partial charge in [-0.3, -0.25) is 14.9 Å². The number of ether oxygens (including phenoxy) is 1. The number of anilines is 1. The van der Waals surface area contributed by atoms with Gasteiger partial charge in [0.05, 0.1) is 17.1 Å². The minimum Gasteiger partial charge on any atom is -0.495 e. The summed E-state index contributed by atoms with van der Waals surface area (Å²) in [5.41, 5.74) is 2.03. The van der Waals surface area contributed by atoms with Crippen molar-refractivity contribution in [3.05, 3.63) is 99.1 Å². The van der Waals surface area contributed by atoms with Crippen LogP contribution in [0, 0.1) is 10.1 Å². The van der Waals surface area contributed by atoms with Crippen LogP contribution in [0.5, 0.6) is 5.75 Å². The predicted octanol–water partition coefficient (Wildman–Crippen LogP) is 5.44. The molecule has 146 valence electrons. The highest BCUT2D eigenvalue weighted by Gasteiger charge is 2.14. The summed E-state index contributed by atoms with van der Waals surface area (Å²) in [5.74, 6) is 0.129. The molecule has 6 nitrogen and oxygen atoms in total. The Bertz CT molecular complexity index is 1080. The van der Waals surface area contributed by atoms with E-state index in [-0.39, 0.29) is 11.6 Å². The highest BCUT2D eigenvalue weighted by Crippen LogP contribution is 2.28. The lowest BCUT2D eigenvalue weighted by Gasteiger charge is -2.11. The second-order valence-corrected chi connectivity index (χ2v) is 6.49. The Labute approximate surface area is 172 Å². The Kier molecular flexibility index (Phi) is 6.26. The van der Waals surface area contributed by atoms with Crippen molar-refractivity contribution in [2.75, 3.05) is 12.4 Å². The normalized spacial score (nSPS) is 11.0. The Balaban J connectivity index is 1.98. The van der Waals surface area contributed by atoms with E-state index in [1.807, 2.05) is 18.2 Å². The van der Waals surface area contributed by atoms with Gasteiger partial charge in [-0.05, 0) is 35.4 Å². The Hall–Kier alpha value is -3.64. The number of non-ortho nitro benzene ring substituents is 1. The molecule has 0 heterocycles. The van der Waals surface area contributed by atoms with E-state index >= 15 is 0 Å². The van der Waals surface area contributed by atoms with Crippen molar-refractivity contribution in [2.45, 2.75) is 0 Å². The van der Waals surface area contributed by atoms with Crippen molar-refractivity contribution in [3.63, 3.8) is 0 Å². The molecule has 0 unspecified atom stereocenters. The standard InChI is InChI=1S/C22H17ClN2O4/c1-29-21-11-10-17(14-20(21)23)24-22(26)19(16-7-3-2-4-8-16)13-15-6-5-9-18(12-15)25(27)28/h2-14H,1H3,(H,24,26)/b19-13+. The van der Waals surface area contributed by atoms with Crippen molar-refractivity contribution in [2.24, 2.45) is 0 Å². The quantitative estimate of drug-likeness (QED) is 0.255. The number of nitro benzene ring substituents is 1. The van der Waals surface area contributed by atoms with Gasteiger partial charge >= 0.3 is 0 Å². The molecule has 0 bridgehead atoms. The highest BCUT2D eigenvalue weighted by atomic mass is 35.5. The lowest BCUT2D eigenvalue weighted by molar-refractivity contribution is -0.384. The number of carbonyl (C=O) groups excluding carboxylic acids is 1. The number of benzene rings is 3. The van der Waals surface area contributed by atoms with Gasteiger partial charge in [-0.2, -0.15) is 0 Å². The zero-order chi connectivity index (χ0) is 20.8. The number of rotatable bonds is 6. The van der Waals surface area contributed by atoms with Crippen LogP contribution in [0.2, 0.25) is 5.02 Å². The summed E-state index contributed by atoms with van der Waals surface area (Å²) in [7, 11) is 1.51. The van der Waals surface area contributed by atoms with E-state index in [4.69, 9.17) is 16.3 Å². The molecule has 0 spiro atoms. The molecule has 0 aliphatic rings. The molecule has 0 aliphatic heterocycles. The third-order valence-corrected chi connectivity index (χ3v) is 4.43. The van der Waals surface area contributed by atoms with E-state index in [0.29, 0.717) is 33.2 Å². The summed E-state index contributed by atoms with van der Waals surface area (Å²) >= 11 is 6.13. The van der Waals surface area contributed by atoms with Crippen molar-refractivity contribution in [1.29, 1.82) is 0 Å². The van der Waals surface area contributed by atoms with Gasteiger partial charge in [-0.25, -0.2) is 0 Å². The molecule has 7 heteroatoms. The van der Waals surface area contributed by atoms with Gasteiger partial charge in [-0.1, -0.05) is 54.1 Å². The average Bonchev–Trinajstić information content (AvgIpc) is 2.73. The summed E-state index contributed by atoms with van der Waals surface area (Å²) in [6.07, 6.45) is 1.61. The predicted molar refractivity (Wildman–Crippen MR) is 114 cm³/mol. The SMILES string of the molecule is COc1ccc(NC(=O)/C(=C/c2cccc([N+](=O)[O-])c2)c2ccccc2)cc1Cl. The monoisotopic (exact) mass is 408 g/mol. The summed E-state index contributed by atoms with van der Waals surface area (Å²) in [5, 5.41) is 14.2. The molecule has 0 fully saturated rings. The summed E-state index contributed by atoms with van der Waals surface area (Å²) in [6.45, 7) is 0. The fourth-order valence-electron chi connectivity index (χ4n) is 2.74. The van der Waals surface area contributed by atoms with Crippen LogP contribution in [0.15, 0.2) is 72.8 Å². The smallest absolute Gasteiger partial charge is 0.270 e. The van der Waals surface area contributed by atoms with Crippen LogP contribution in [0.4, 0.5) is 11.4 Å². The van der Waals surface area contributed by atoms with Gasteiger partial charge in [0.1, 0.15) is 5.75 Å². The number of nitro groups is 1. The van der Waals surface area contributed by atoms with Crippen LogP contribution in [-0.2, 0) is 4.79 Å². The number of methoxy groups -OCH3 is 1. The molecule has 29 heavy (non-hydrogen) atoms. The molecular weight excluding hydrogens is 392 g/mol. The molecule has 3 rings (SSSR count). The molecule has 0 saturated carbocycles. The van der Waals surface area contributed by atoms with E-state index in [9.17, 15) is 14.9 Å². The third kappa shape index (κ3) is 5.00. The summed E-state index contributed by atoms with van der Waals surface area (Å²) in [6, 6.07) is 20.1. The van der Waals surface area contributed by atoms with E-state index < -0.39 is 4.92 Å². The van der Waals surface area contributed by atoms with Gasteiger partial charge in [0.2, 0.25) is 0 Å². The van der Waals surface area contributed by atoms with Crippen molar-refractivity contribution >= 4 is 40.5 Å². The number of carbonyl (C=O) groups is 1. The van der Waals surface area contributed by atoms with Crippen molar-refractivity contribution in [3.8, 4) is 5.75 Å². The zero-order valence-electron chi connectivity index (χ0n) is 15.5. The lowest BCUT2D eigenvalue weighted by atomic mass is 10.0. The second-order valence-electron chi connectivity index (χ2n) is 6.08. The van der Waals surface area contributed by atoms with Crippen LogP contribution in [0.1, 0.15) is 11.1 Å². The van der Waals surface area contributed by atoms with Crippen LogP contribution in [0.3, 0.4) is 0 Å². The highest BCUT2D eigenvalue weighted by molar-refractivity contribution is 6.33. The zero-order valence-corrected chi connectivity index (χ0v) is 16.2. The fraction of sp³-hybridized carbons (Fsp3) is 0.0455. The number of nitrogens with one attached hydrogen (secondary N) is 1. The van der Waals surface area contributed by atoms with Crippen LogP contribution in [0.25, 0.3) is 11.6 Å². The number of amides is 1. The Morgan fingerprint density at radius 2 is 1.83 bits per heavy atom. The summed E-state index contributed by atoms with van der Waals surface area (Å²) in [4.78, 5) is 23.6. The molecule has 0 atom stereocenters. The maximum atomic E-state index is 13.0. The van der Waals surface area contributed by atoms with Crippen LogP contribution < -0.4 is 10.1 Å².